The molecule has 3 rings (SSSR count). The fraction of sp³-hybridized carbons (Fsp3) is 0. The summed E-state index contributed by atoms with van der Waals surface area (Å²) in [6, 6.07) is 9.88. The zero-order valence-corrected chi connectivity index (χ0v) is 11.6. The van der Waals surface area contributed by atoms with Crippen molar-refractivity contribution in [2.45, 2.75) is 0 Å². The molecule has 0 radical (unpaired) electrons. The molecular formula is C15H7BrF2O2. The number of ketones is 1. The predicted molar refractivity (Wildman–Crippen MR) is 73.7 cm³/mol. The Morgan fingerprint density at radius 3 is 2.55 bits per heavy atom. The summed E-state index contributed by atoms with van der Waals surface area (Å²) in [6.07, 6.45) is 0. The lowest BCUT2D eigenvalue weighted by Gasteiger charge is -2.00. The van der Waals surface area contributed by atoms with Gasteiger partial charge in [-0.3, -0.25) is 4.79 Å². The molecule has 0 aliphatic heterocycles. The molecule has 0 amide bonds. The lowest BCUT2D eigenvalue weighted by molar-refractivity contribution is 0.101. The highest BCUT2D eigenvalue weighted by molar-refractivity contribution is 9.10. The van der Waals surface area contributed by atoms with Crippen LogP contribution in [0.25, 0.3) is 11.0 Å². The number of para-hydroxylation sites is 1. The standard InChI is InChI=1S/C15H7BrF2O2/c16-9-4-5-10(12(18)7-9)14(19)13-6-8-2-1-3-11(17)15(8)20-13/h1-7H. The van der Waals surface area contributed by atoms with Crippen LogP contribution in [0.15, 0.2) is 51.4 Å². The average molecular weight is 337 g/mol. The van der Waals surface area contributed by atoms with Crippen LogP contribution in [-0.4, -0.2) is 5.78 Å². The van der Waals surface area contributed by atoms with Gasteiger partial charge in [0.1, 0.15) is 5.82 Å². The molecule has 0 saturated heterocycles. The van der Waals surface area contributed by atoms with Crippen LogP contribution in [0.1, 0.15) is 16.1 Å². The van der Waals surface area contributed by atoms with Crippen molar-refractivity contribution in [2.75, 3.05) is 0 Å². The van der Waals surface area contributed by atoms with E-state index in [9.17, 15) is 13.6 Å². The van der Waals surface area contributed by atoms with Gasteiger partial charge in [0, 0.05) is 9.86 Å². The number of hydrogen-bond acceptors (Lipinski definition) is 2. The molecule has 5 heteroatoms. The molecule has 0 fully saturated rings. The second-order valence-corrected chi connectivity index (χ2v) is 5.14. The Hall–Kier alpha value is -2.01. The van der Waals surface area contributed by atoms with Gasteiger partial charge >= 0.3 is 0 Å². The van der Waals surface area contributed by atoms with Crippen LogP contribution in [0, 0.1) is 11.6 Å². The molecular weight excluding hydrogens is 330 g/mol. The van der Waals surface area contributed by atoms with E-state index in [1.807, 2.05) is 0 Å². The molecule has 2 nitrogen and oxygen atoms in total. The Bertz CT molecular complexity index is 824. The molecule has 0 bridgehead atoms. The van der Waals surface area contributed by atoms with E-state index < -0.39 is 17.4 Å². The van der Waals surface area contributed by atoms with Gasteiger partial charge in [-0.05, 0) is 30.3 Å². The van der Waals surface area contributed by atoms with Crippen LogP contribution in [0.3, 0.4) is 0 Å². The minimum absolute atomic E-state index is 0.00614. The molecule has 2 aromatic carbocycles. The van der Waals surface area contributed by atoms with Gasteiger partial charge in [0.15, 0.2) is 17.2 Å². The molecule has 0 aliphatic carbocycles. The van der Waals surface area contributed by atoms with Crippen LogP contribution >= 0.6 is 15.9 Å². The van der Waals surface area contributed by atoms with Crippen LogP contribution in [-0.2, 0) is 0 Å². The second kappa shape index (κ2) is 4.83. The summed E-state index contributed by atoms with van der Waals surface area (Å²) in [4.78, 5) is 12.2. The molecule has 0 unspecified atom stereocenters. The molecule has 0 spiro atoms. The van der Waals surface area contributed by atoms with Crippen LogP contribution in [0.5, 0.6) is 0 Å². The van der Waals surface area contributed by atoms with Gasteiger partial charge in [0.2, 0.25) is 5.78 Å². The van der Waals surface area contributed by atoms with E-state index in [0.717, 1.165) is 0 Å². The fourth-order valence-electron chi connectivity index (χ4n) is 1.95. The average Bonchev–Trinajstić information content (AvgIpc) is 2.83. The van der Waals surface area contributed by atoms with Gasteiger partial charge in [-0.1, -0.05) is 28.1 Å². The predicted octanol–water partition coefficient (Wildman–Crippen LogP) is 4.70. The lowest BCUT2D eigenvalue weighted by atomic mass is 10.1. The number of benzene rings is 2. The zero-order valence-electron chi connectivity index (χ0n) is 9.99. The summed E-state index contributed by atoms with van der Waals surface area (Å²) >= 11 is 3.11. The van der Waals surface area contributed by atoms with Crippen LogP contribution in [0.4, 0.5) is 8.78 Å². The minimum Gasteiger partial charge on any atom is -0.449 e. The number of furan rings is 1. The summed E-state index contributed by atoms with van der Waals surface area (Å²) in [5.74, 6) is -1.93. The number of carbonyl (C=O) groups is 1. The van der Waals surface area contributed by atoms with Crippen molar-refractivity contribution >= 4 is 32.7 Å². The molecule has 0 aliphatic rings. The van der Waals surface area contributed by atoms with Crippen molar-refractivity contribution in [1.29, 1.82) is 0 Å². The van der Waals surface area contributed by atoms with Gasteiger partial charge in [-0.25, -0.2) is 8.78 Å². The monoisotopic (exact) mass is 336 g/mol. The van der Waals surface area contributed by atoms with Gasteiger partial charge < -0.3 is 4.42 Å². The van der Waals surface area contributed by atoms with Crippen molar-refractivity contribution in [3.05, 3.63) is 69.9 Å². The zero-order chi connectivity index (χ0) is 14.3. The SMILES string of the molecule is O=C(c1cc2cccc(F)c2o1)c1ccc(Br)cc1F. The molecule has 0 N–H and O–H groups in total. The number of carbonyl (C=O) groups excluding carboxylic acids is 1. The number of fused-ring (bicyclic) bond motifs is 1. The quantitative estimate of drug-likeness (QED) is 0.634. The Morgan fingerprint density at radius 1 is 1.05 bits per heavy atom. The smallest absolute Gasteiger partial charge is 0.231 e. The normalized spacial score (nSPS) is 10.9. The maximum Gasteiger partial charge on any atom is 0.231 e. The summed E-state index contributed by atoms with van der Waals surface area (Å²) in [5.41, 5.74) is -0.124. The van der Waals surface area contributed by atoms with E-state index in [4.69, 9.17) is 4.42 Å². The first kappa shape index (κ1) is 13.0. The van der Waals surface area contributed by atoms with E-state index in [-0.39, 0.29) is 16.9 Å². The summed E-state index contributed by atoms with van der Waals surface area (Å²) in [5, 5.41) is 0.464. The van der Waals surface area contributed by atoms with E-state index >= 15 is 0 Å². The Labute approximate surface area is 121 Å². The highest BCUT2D eigenvalue weighted by Gasteiger charge is 2.19. The van der Waals surface area contributed by atoms with Crippen molar-refractivity contribution in [3.8, 4) is 0 Å². The van der Waals surface area contributed by atoms with Gasteiger partial charge in [0.05, 0.1) is 5.56 Å². The molecule has 100 valence electrons. The highest BCUT2D eigenvalue weighted by Crippen LogP contribution is 2.25. The van der Waals surface area contributed by atoms with Crippen LogP contribution < -0.4 is 0 Å². The van der Waals surface area contributed by atoms with Crippen molar-refractivity contribution in [2.24, 2.45) is 0 Å². The third-order valence-electron chi connectivity index (χ3n) is 2.90. The molecule has 1 heterocycles. The lowest BCUT2D eigenvalue weighted by Crippen LogP contribution is -2.02. The minimum atomic E-state index is -0.662. The molecule has 3 aromatic rings. The Morgan fingerprint density at radius 2 is 1.85 bits per heavy atom. The third-order valence-corrected chi connectivity index (χ3v) is 3.39. The highest BCUT2D eigenvalue weighted by atomic mass is 79.9. The Balaban J connectivity index is 2.10. The van der Waals surface area contributed by atoms with E-state index in [1.165, 1.54) is 30.3 Å². The fourth-order valence-corrected chi connectivity index (χ4v) is 2.28. The first-order valence-corrected chi connectivity index (χ1v) is 6.53. The summed E-state index contributed by atoms with van der Waals surface area (Å²) in [6.45, 7) is 0. The van der Waals surface area contributed by atoms with Gasteiger partial charge in [0.25, 0.3) is 0 Å². The van der Waals surface area contributed by atoms with E-state index in [2.05, 4.69) is 15.9 Å². The molecule has 0 saturated carbocycles. The topological polar surface area (TPSA) is 30.2 Å². The van der Waals surface area contributed by atoms with Gasteiger partial charge in [-0.2, -0.15) is 0 Å². The first-order chi connectivity index (χ1) is 9.56. The Kier molecular flexibility index (Phi) is 3.14. The van der Waals surface area contributed by atoms with E-state index in [0.29, 0.717) is 9.86 Å². The number of hydrogen-bond donors (Lipinski definition) is 0. The molecule has 1 aromatic heterocycles. The van der Waals surface area contributed by atoms with Gasteiger partial charge in [-0.15, -0.1) is 0 Å². The maximum absolute atomic E-state index is 13.8. The first-order valence-electron chi connectivity index (χ1n) is 5.74. The maximum atomic E-state index is 13.8. The largest absolute Gasteiger partial charge is 0.449 e. The number of rotatable bonds is 2. The van der Waals surface area contributed by atoms with Crippen LogP contribution in [0.2, 0.25) is 0 Å². The van der Waals surface area contributed by atoms with Crippen molar-refractivity contribution < 1.29 is 18.0 Å². The summed E-state index contributed by atoms with van der Waals surface area (Å²) < 4.78 is 33.0. The second-order valence-electron chi connectivity index (χ2n) is 4.22. The number of halogens is 3. The van der Waals surface area contributed by atoms with Crippen molar-refractivity contribution in [1.82, 2.24) is 0 Å². The summed E-state index contributed by atoms with van der Waals surface area (Å²) in [7, 11) is 0. The van der Waals surface area contributed by atoms with E-state index in [1.54, 1.807) is 12.1 Å². The van der Waals surface area contributed by atoms with Crippen molar-refractivity contribution in [3.63, 3.8) is 0 Å². The molecule has 0 atom stereocenters. The third kappa shape index (κ3) is 2.14. The molecule has 20 heavy (non-hydrogen) atoms.